The smallest absolute Gasteiger partial charge is 0.244 e. The standard InChI is InChI=1S/C15H16BrN3O3/c1-9-4-5-13(12(16)6-9)17-15(21)8-19(11(3)20)14-7-10(2)22-18-14/h4-7H,8H2,1-3H3,(H,17,21). The molecule has 1 aromatic carbocycles. The molecule has 0 radical (unpaired) electrons. The normalized spacial score (nSPS) is 10.4. The van der Waals surface area contributed by atoms with Gasteiger partial charge in [0.15, 0.2) is 5.82 Å². The van der Waals surface area contributed by atoms with Gasteiger partial charge in [-0.05, 0) is 47.5 Å². The summed E-state index contributed by atoms with van der Waals surface area (Å²) in [5, 5.41) is 6.53. The van der Waals surface area contributed by atoms with Gasteiger partial charge in [0.05, 0.1) is 5.69 Å². The molecule has 0 aliphatic heterocycles. The molecule has 0 spiro atoms. The molecule has 0 atom stereocenters. The van der Waals surface area contributed by atoms with E-state index in [1.807, 2.05) is 19.1 Å². The molecule has 0 unspecified atom stereocenters. The minimum Gasteiger partial charge on any atom is -0.360 e. The van der Waals surface area contributed by atoms with Gasteiger partial charge in [0.1, 0.15) is 12.3 Å². The largest absolute Gasteiger partial charge is 0.360 e. The topological polar surface area (TPSA) is 75.4 Å². The molecule has 2 amide bonds. The number of anilines is 2. The van der Waals surface area contributed by atoms with Crippen molar-refractivity contribution in [1.29, 1.82) is 0 Å². The second kappa shape index (κ2) is 6.74. The SMILES string of the molecule is CC(=O)N(CC(=O)Nc1ccc(C)cc1Br)c1cc(C)on1. The minimum atomic E-state index is -0.319. The number of hydrogen-bond donors (Lipinski definition) is 1. The predicted molar refractivity (Wildman–Crippen MR) is 86.8 cm³/mol. The quantitative estimate of drug-likeness (QED) is 0.903. The van der Waals surface area contributed by atoms with Crippen LogP contribution in [0.25, 0.3) is 0 Å². The Kier molecular flexibility index (Phi) is 4.97. The summed E-state index contributed by atoms with van der Waals surface area (Å²) in [5.41, 5.74) is 1.73. The molecule has 7 heteroatoms. The zero-order chi connectivity index (χ0) is 16.3. The number of benzene rings is 1. The van der Waals surface area contributed by atoms with Gasteiger partial charge in [-0.25, -0.2) is 0 Å². The van der Waals surface area contributed by atoms with Gasteiger partial charge in [-0.15, -0.1) is 0 Å². The van der Waals surface area contributed by atoms with Crippen LogP contribution < -0.4 is 10.2 Å². The highest BCUT2D eigenvalue weighted by molar-refractivity contribution is 9.10. The highest BCUT2D eigenvalue weighted by Crippen LogP contribution is 2.23. The Labute approximate surface area is 136 Å². The van der Waals surface area contributed by atoms with Gasteiger partial charge in [-0.1, -0.05) is 11.2 Å². The molecule has 1 aromatic heterocycles. The number of hydrogen-bond acceptors (Lipinski definition) is 4. The average molecular weight is 366 g/mol. The molecule has 0 saturated heterocycles. The van der Waals surface area contributed by atoms with E-state index < -0.39 is 0 Å². The summed E-state index contributed by atoms with van der Waals surface area (Å²) in [4.78, 5) is 25.1. The van der Waals surface area contributed by atoms with E-state index in [9.17, 15) is 9.59 Å². The van der Waals surface area contributed by atoms with Crippen molar-refractivity contribution in [2.45, 2.75) is 20.8 Å². The first-order valence-corrected chi connectivity index (χ1v) is 7.43. The Balaban J connectivity index is 2.10. The third-order valence-electron chi connectivity index (χ3n) is 2.97. The first-order chi connectivity index (χ1) is 10.4. The van der Waals surface area contributed by atoms with Crippen LogP contribution in [0.3, 0.4) is 0 Å². The lowest BCUT2D eigenvalue weighted by molar-refractivity contribution is -0.120. The van der Waals surface area contributed by atoms with Crippen LogP contribution in [0, 0.1) is 13.8 Å². The number of carbonyl (C=O) groups excluding carboxylic acids is 2. The zero-order valence-corrected chi connectivity index (χ0v) is 14.1. The van der Waals surface area contributed by atoms with Crippen molar-refractivity contribution in [2.24, 2.45) is 0 Å². The zero-order valence-electron chi connectivity index (χ0n) is 12.5. The number of rotatable bonds is 4. The van der Waals surface area contributed by atoms with Crippen molar-refractivity contribution in [3.8, 4) is 0 Å². The summed E-state index contributed by atoms with van der Waals surface area (Å²) in [6.45, 7) is 4.92. The molecular weight excluding hydrogens is 350 g/mol. The lowest BCUT2D eigenvalue weighted by atomic mass is 10.2. The fraction of sp³-hybridized carbons (Fsp3) is 0.267. The second-order valence-corrected chi connectivity index (χ2v) is 5.79. The van der Waals surface area contributed by atoms with Crippen LogP contribution >= 0.6 is 15.9 Å². The van der Waals surface area contributed by atoms with E-state index in [1.165, 1.54) is 11.8 Å². The van der Waals surface area contributed by atoms with E-state index in [1.54, 1.807) is 19.1 Å². The molecule has 2 rings (SSSR count). The molecule has 1 heterocycles. The lowest BCUT2D eigenvalue weighted by Gasteiger charge is -2.17. The molecule has 116 valence electrons. The molecule has 0 fully saturated rings. The summed E-state index contributed by atoms with van der Waals surface area (Å²) >= 11 is 3.40. The van der Waals surface area contributed by atoms with Gasteiger partial charge in [-0.3, -0.25) is 14.5 Å². The summed E-state index contributed by atoms with van der Waals surface area (Å²) in [7, 11) is 0. The first kappa shape index (κ1) is 16.2. The molecule has 2 aromatic rings. The maximum absolute atomic E-state index is 12.2. The summed E-state index contributed by atoms with van der Waals surface area (Å²) in [6, 6.07) is 7.20. The van der Waals surface area contributed by atoms with E-state index in [0.29, 0.717) is 17.3 Å². The van der Waals surface area contributed by atoms with Crippen molar-refractivity contribution >= 4 is 39.2 Å². The van der Waals surface area contributed by atoms with Crippen LogP contribution in [-0.2, 0) is 9.59 Å². The van der Waals surface area contributed by atoms with E-state index in [4.69, 9.17) is 4.52 Å². The minimum absolute atomic E-state index is 0.137. The van der Waals surface area contributed by atoms with Crippen LogP contribution in [0.1, 0.15) is 18.2 Å². The number of aryl methyl sites for hydroxylation is 2. The number of nitrogens with one attached hydrogen (secondary N) is 1. The number of nitrogens with zero attached hydrogens (tertiary/aromatic N) is 2. The van der Waals surface area contributed by atoms with Gasteiger partial charge in [-0.2, -0.15) is 0 Å². The monoisotopic (exact) mass is 365 g/mol. The van der Waals surface area contributed by atoms with Crippen molar-refractivity contribution in [3.05, 3.63) is 40.1 Å². The highest BCUT2D eigenvalue weighted by atomic mass is 79.9. The Hall–Kier alpha value is -2.15. The van der Waals surface area contributed by atoms with Gasteiger partial charge in [0.25, 0.3) is 0 Å². The van der Waals surface area contributed by atoms with Crippen molar-refractivity contribution in [3.63, 3.8) is 0 Å². The highest BCUT2D eigenvalue weighted by Gasteiger charge is 2.19. The van der Waals surface area contributed by atoms with Crippen molar-refractivity contribution in [1.82, 2.24) is 5.16 Å². The van der Waals surface area contributed by atoms with Gasteiger partial charge in [0.2, 0.25) is 11.8 Å². The molecule has 1 N–H and O–H groups in total. The summed E-state index contributed by atoms with van der Waals surface area (Å²) in [6.07, 6.45) is 0. The molecule has 22 heavy (non-hydrogen) atoms. The Morgan fingerprint density at radius 3 is 2.59 bits per heavy atom. The third-order valence-corrected chi connectivity index (χ3v) is 3.63. The molecule has 0 aliphatic carbocycles. The molecule has 0 bridgehead atoms. The Bertz CT molecular complexity index is 712. The van der Waals surface area contributed by atoms with Crippen LogP contribution in [0.2, 0.25) is 0 Å². The van der Waals surface area contributed by atoms with E-state index in [-0.39, 0.29) is 18.4 Å². The maximum atomic E-state index is 12.2. The Morgan fingerprint density at radius 2 is 2.05 bits per heavy atom. The molecule has 0 saturated carbocycles. The van der Waals surface area contributed by atoms with Gasteiger partial charge < -0.3 is 9.84 Å². The number of aromatic nitrogens is 1. The third kappa shape index (κ3) is 3.94. The lowest BCUT2D eigenvalue weighted by Crippen LogP contribution is -2.36. The van der Waals surface area contributed by atoms with E-state index >= 15 is 0 Å². The van der Waals surface area contributed by atoms with Gasteiger partial charge in [0, 0.05) is 17.5 Å². The molecule has 6 nitrogen and oxygen atoms in total. The first-order valence-electron chi connectivity index (χ1n) is 6.64. The van der Waals surface area contributed by atoms with Crippen LogP contribution in [0.5, 0.6) is 0 Å². The van der Waals surface area contributed by atoms with Gasteiger partial charge >= 0.3 is 0 Å². The van der Waals surface area contributed by atoms with Crippen LogP contribution in [0.15, 0.2) is 33.3 Å². The van der Waals surface area contributed by atoms with E-state index in [2.05, 4.69) is 26.4 Å². The summed E-state index contributed by atoms with van der Waals surface area (Å²) in [5.74, 6) is 0.290. The predicted octanol–water partition coefficient (Wildman–Crippen LogP) is 3.05. The second-order valence-electron chi connectivity index (χ2n) is 4.93. The van der Waals surface area contributed by atoms with Crippen molar-refractivity contribution < 1.29 is 14.1 Å². The fourth-order valence-electron chi connectivity index (χ4n) is 1.89. The van der Waals surface area contributed by atoms with Crippen LogP contribution in [-0.4, -0.2) is 23.5 Å². The van der Waals surface area contributed by atoms with Crippen LogP contribution in [0.4, 0.5) is 11.5 Å². The average Bonchev–Trinajstić information content (AvgIpc) is 2.85. The van der Waals surface area contributed by atoms with E-state index in [0.717, 1.165) is 10.0 Å². The number of carbonyl (C=O) groups is 2. The fourth-order valence-corrected chi connectivity index (χ4v) is 2.48. The maximum Gasteiger partial charge on any atom is 0.244 e. The number of amides is 2. The number of halogens is 1. The molecule has 0 aliphatic rings. The summed E-state index contributed by atoms with van der Waals surface area (Å²) < 4.78 is 5.73. The van der Waals surface area contributed by atoms with Crippen molar-refractivity contribution in [2.75, 3.05) is 16.8 Å². The Morgan fingerprint density at radius 1 is 1.32 bits per heavy atom. The molecular formula is C15H16BrN3O3.